The molecule has 0 aromatic heterocycles. The van der Waals surface area contributed by atoms with Crippen molar-refractivity contribution in [1.82, 2.24) is 5.32 Å². The molecule has 1 N–H and O–H groups in total. The number of carbonyl (C=O) groups excluding carboxylic acids is 1. The average Bonchev–Trinajstić information content (AvgIpc) is 2.10. The van der Waals surface area contributed by atoms with E-state index in [1.807, 2.05) is 19.9 Å². The summed E-state index contributed by atoms with van der Waals surface area (Å²) in [5.74, 6) is 0.0648. The highest BCUT2D eigenvalue weighted by atomic mass is 32.2. The van der Waals surface area contributed by atoms with Gasteiger partial charge in [0.1, 0.15) is 0 Å². The number of thioether (sulfide) groups is 1. The number of rotatable bonds is 0. The van der Waals surface area contributed by atoms with Crippen LogP contribution >= 0.6 is 11.8 Å². The van der Waals surface area contributed by atoms with Crippen LogP contribution in [0.2, 0.25) is 0 Å². The molecule has 1 amide bonds. The fourth-order valence-corrected chi connectivity index (χ4v) is 1.58. The summed E-state index contributed by atoms with van der Waals surface area (Å²) in [6, 6.07) is 0. The molecule has 9 heavy (non-hydrogen) atoms. The van der Waals surface area contributed by atoms with Crippen molar-refractivity contribution in [3.63, 3.8) is 0 Å². The van der Waals surface area contributed by atoms with Gasteiger partial charge < -0.3 is 5.32 Å². The number of amides is 1. The van der Waals surface area contributed by atoms with Crippen molar-refractivity contribution < 1.29 is 4.79 Å². The molecule has 3 heteroatoms. The summed E-state index contributed by atoms with van der Waals surface area (Å²) >= 11 is 1.57. The van der Waals surface area contributed by atoms with Gasteiger partial charge in [0, 0.05) is 0 Å². The molecule has 0 radical (unpaired) electrons. The molecule has 1 fully saturated rings. The summed E-state index contributed by atoms with van der Waals surface area (Å²) in [4.78, 5) is 11.7. The first-order valence-corrected chi connectivity index (χ1v) is 3.76. The highest BCUT2D eigenvalue weighted by Crippen LogP contribution is 2.25. The first-order chi connectivity index (χ1) is 4.24. The van der Waals surface area contributed by atoms with Gasteiger partial charge in [-0.2, -0.15) is 0 Å². The van der Waals surface area contributed by atoms with Crippen molar-refractivity contribution in [3.05, 3.63) is 11.0 Å². The van der Waals surface area contributed by atoms with Crippen LogP contribution in [0.25, 0.3) is 0 Å². The smallest absolute Gasteiger partial charge is 0.258 e. The monoisotopic (exact) mass is 143 g/mol. The highest BCUT2D eigenvalue weighted by Gasteiger charge is 2.21. The van der Waals surface area contributed by atoms with Gasteiger partial charge in [0.05, 0.1) is 10.3 Å². The number of hydrogen-bond donors (Lipinski definition) is 1. The molecule has 1 atom stereocenters. The lowest BCUT2D eigenvalue weighted by atomic mass is 10.5. The predicted octanol–water partition coefficient (Wildman–Crippen LogP) is 1.10. The first kappa shape index (κ1) is 6.68. The van der Waals surface area contributed by atoms with E-state index < -0.39 is 0 Å². The molecule has 1 heterocycles. The molecule has 1 saturated heterocycles. The minimum atomic E-state index is 0.0648. The number of carbonyl (C=O) groups is 1. The maximum atomic E-state index is 10.8. The van der Waals surface area contributed by atoms with E-state index in [4.69, 9.17) is 0 Å². The van der Waals surface area contributed by atoms with Crippen LogP contribution in [0.15, 0.2) is 11.0 Å². The zero-order chi connectivity index (χ0) is 6.85. The number of allylic oxidation sites excluding steroid dienone is 1. The Morgan fingerprint density at radius 2 is 2.44 bits per heavy atom. The summed E-state index contributed by atoms with van der Waals surface area (Å²) in [7, 11) is 0. The third-order valence-electron chi connectivity index (χ3n) is 1.12. The third kappa shape index (κ3) is 1.27. The van der Waals surface area contributed by atoms with Crippen LogP contribution in [0.3, 0.4) is 0 Å². The SMILES string of the molecule is C/C=C1\SC(C)NC1=O. The number of nitrogens with one attached hydrogen (secondary N) is 1. The highest BCUT2D eigenvalue weighted by molar-refractivity contribution is 8.05. The molecule has 1 aliphatic rings. The first-order valence-electron chi connectivity index (χ1n) is 2.88. The van der Waals surface area contributed by atoms with E-state index in [2.05, 4.69) is 5.32 Å². The Labute approximate surface area is 58.7 Å². The maximum Gasteiger partial charge on any atom is 0.258 e. The van der Waals surface area contributed by atoms with Gasteiger partial charge in [0.2, 0.25) is 0 Å². The molecule has 0 saturated carbocycles. The Bertz CT molecular complexity index is 164. The zero-order valence-electron chi connectivity index (χ0n) is 5.47. The molecule has 0 aromatic carbocycles. The van der Waals surface area contributed by atoms with Gasteiger partial charge in [-0.05, 0) is 13.8 Å². The molecule has 2 nitrogen and oxygen atoms in total. The normalized spacial score (nSPS) is 31.1. The average molecular weight is 143 g/mol. The molecular weight excluding hydrogens is 134 g/mol. The molecule has 1 aliphatic heterocycles. The van der Waals surface area contributed by atoms with Gasteiger partial charge in [-0.15, -0.1) is 0 Å². The van der Waals surface area contributed by atoms with Crippen molar-refractivity contribution in [2.45, 2.75) is 19.2 Å². The third-order valence-corrected chi connectivity index (χ3v) is 2.27. The van der Waals surface area contributed by atoms with E-state index in [1.54, 1.807) is 11.8 Å². The summed E-state index contributed by atoms with van der Waals surface area (Å²) in [6.45, 7) is 3.85. The largest absolute Gasteiger partial charge is 0.340 e. The quantitative estimate of drug-likeness (QED) is 0.514. The molecule has 1 unspecified atom stereocenters. The van der Waals surface area contributed by atoms with Gasteiger partial charge in [-0.3, -0.25) is 4.79 Å². The topological polar surface area (TPSA) is 29.1 Å². The minimum absolute atomic E-state index is 0.0648. The van der Waals surface area contributed by atoms with E-state index in [-0.39, 0.29) is 11.3 Å². The van der Waals surface area contributed by atoms with Crippen molar-refractivity contribution in [1.29, 1.82) is 0 Å². The Balaban J connectivity index is 2.70. The van der Waals surface area contributed by atoms with E-state index in [1.165, 1.54) is 0 Å². The summed E-state index contributed by atoms with van der Waals surface area (Å²) in [5, 5.41) is 3.03. The van der Waals surface area contributed by atoms with Crippen molar-refractivity contribution in [2.75, 3.05) is 0 Å². The van der Waals surface area contributed by atoms with Gasteiger partial charge >= 0.3 is 0 Å². The van der Waals surface area contributed by atoms with Crippen LogP contribution in [0.1, 0.15) is 13.8 Å². The molecule has 0 spiro atoms. The lowest BCUT2D eigenvalue weighted by Crippen LogP contribution is -2.21. The van der Waals surface area contributed by atoms with Crippen LogP contribution in [-0.4, -0.2) is 11.3 Å². The van der Waals surface area contributed by atoms with Crippen LogP contribution < -0.4 is 5.32 Å². The van der Waals surface area contributed by atoms with Gasteiger partial charge in [0.25, 0.3) is 5.91 Å². The second-order valence-electron chi connectivity index (χ2n) is 1.89. The fourth-order valence-electron chi connectivity index (χ4n) is 0.728. The van der Waals surface area contributed by atoms with Gasteiger partial charge in [0.15, 0.2) is 0 Å². The Morgan fingerprint density at radius 1 is 1.78 bits per heavy atom. The summed E-state index contributed by atoms with van der Waals surface area (Å²) in [6.07, 6.45) is 1.84. The standard InChI is InChI=1S/C6H9NOS/c1-3-5-6(8)7-4(2)9-5/h3-4H,1-2H3,(H,7,8)/b5-3-. The maximum absolute atomic E-state index is 10.8. The molecule has 0 aromatic rings. The number of hydrogen-bond acceptors (Lipinski definition) is 2. The second-order valence-corrected chi connectivity index (χ2v) is 3.27. The second kappa shape index (κ2) is 2.43. The van der Waals surface area contributed by atoms with Crippen LogP contribution in [0.4, 0.5) is 0 Å². The Hall–Kier alpha value is -0.440. The zero-order valence-corrected chi connectivity index (χ0v) is 6.29. The lowest BCUT2D eigenvalue weighted by molar-refractivity contribution is -0.116. The van der Waals surface area contributed by atoms with Gasteiger partial charge in [-0.25, -0.2) is 0 Å². The summed E-state index contributed by atoms with van der Waals surface area (Å²) < 4.78 is 0. The van der Waals surface area contributed by atoms with Crippen molar-refractivity contribution >= 4 is 17.7 Å². The molecule has 0 aliphatic carbocycles. The molecule has 50 valence electrons. The lowest BCUT2D eigenvalue weighted by Gasteiger charge is -1.94. The minimum Gasteiger partial charge on any atom is -0.340 e. The Morgan fingerprint density at radius 3 is 2.67 bits per heavy atom. The molecular formula is C6H9NOS. The van der Waals surface area contributed by atoms with Crippen molar-refractivity contribution in [2.24, 2.45) is 0 Å². The summed E-state index contributed by atoms with van der Waals surface area (Å²) in [5.41, 5.74) is 0. The van der Waals surface area contributed by atoms with Crippen LogP contribution in [0.5, 0.6) is 0 Å². The molecule has 1 rings (SSSR count). The van der Waals surface area contributed by atoms with E-state index in [0.717, 1.165) is 4.91 Å². The van der Waals surface area contributed by atoms with Crippen LogP contribution in [-0.2, 0) is 4.79 Å². The van der Waals surface area contributed by atoms with Crippen LogP contribution in [0, 0.1) is 0 Å². The van der Waals surface area contributed by atoms with Gasteiger partial charge in [-0.1, -0.05) is 17.8 Å². The van der Waals surface area contributed by atoms with E-state index >= 15 is 0 Å². The van der Waals surface area contributed by atoms with E-state index in [9.17, 15) is 4.79 Å². The molecule has 0 bridgehead atoms. The van der Waals surface area contributed by atoms with Crippen molar-refractivity contribution in [3.8, 4) is 0 Å². The Kier molecular flexibility index (Phi) is 1.81. The fraction of sp³-hybridized carbons (Fsp3) is 0.500. The predicted molar refractivity (Wildman–Crippen MR) is 39.0 cm³/mol. The van der Waals surface area contributed by atoms with E-state index in [0.29, 0.717) is 0 Å².